The van der Waals surface area contributed by atoms with Gasteiger partial charge >= 0.3 is 0 Å². The number of benzene rings is 1. The Bertz CT molecular complexity index is 455. The van der Waals surface area contributed by atoms with Crippen molar-refractivity contribution in [2.75, 3.05) is 11.4 Å². The van der Waals surface area contributed by atoms with E-state index >= 15 is 0 Å². The summed E-state index contributed by atoms with van der Waals surface area (Å²) in [7, 11) is 0. The molecule has 18 heavy (non-hydrogen) atoms. The third-order valence-corrected chi connectivity index (χ3v) is 2.71. The zero-order chi connectivity index (χ0) is 13.9. The molecule has 0 atom stereocenters. The van der Waals surface area contributed by atoms with E-state index in [0.717, 1.165) is 16.8 Å². The lowest BCUT2D eigenvalue weighted by Crippen LogP contribution is -2.36. The summed E-state index contributed by atoms with van der Waals surface area (Å²) in [5.74, 6) is 0.0682. The highest BCUT2D eigenvalue weighted by molar-refractivity contribution is 5.94. The summed E-state index contributed by atoms with van der Waals surface area (Å²) in [4.78, 5) is 13.7. The van der Waals surface area contributed by atoms with Crippen molar-refractivity contribution in [3.8, 4) is 0 Å². The average Bonchev–Trinajstić information content (AvgIpc) is 2.24. The number of nitrogens with zero attached hydrogens (tertiary/aromatic N) is 1. The Morgan fingerprint density at radius 1 is 1.39 bits per heavy atom. The van der Waals surface area contributed by atoms with Gasteiger partial charge in [-0.3, -0.25) is 4.79 Å². The molecule has 98 valence electrons. The third kappa shape index (κ3) is 3.73. The van der Waals surface area contributed by atoms with Crippen LogP contribution in [0.3, 0.4) is 0 Å². The molecule has 2 heteroatoms. The fraction of sp³-hybridized carbons (Fsp3) is 0.438. The van der Waals surface area contributed by atoms with Gasteiger partial charge in [0.25, 0.3) is 0 Å². The van der Waals surface area contributed by atoms with Crippen molar-refractivity contribution >= 4 is 17.7 Å². The topological polar surface area (TPSA) is 20.3 Å². The van der Waals surface area contributed by atoms with Gasteiger partial charge in [-0.05, 0) is 29.5 Å². The van der Waals surface area contributed by atoms with Crippen LogP contribution in [0.15, 0.2) is 24.8 Å². The van der Waals surface area contributed by atoms with E-state index in [0.29, 0.717) is 6.54 Å². The number of aryl methyl sites for hydroxylation is 1. The van der Waals surface area contributed by atoms with Crippen LogP contribution in [-0.2, 0) is 4.79 Å². The minimum Gasteiger partial charge on any atom is -0.312 e. The van der Waals surface area contributed by atoms with Crippen LogP contribution >= 0.6 is 0 Å². The molecule has 0 spiro atoms. The molecule has 1 amide bonds. The first-order chi connectivity index (χ1) is 8.24. The van der Waals surface area contributed by atoms with Crippen molar-refractivity contribution in [3.63, 3.8) is 0 Å². The minimum absolute atomic E-state index is 0.0633. The highest BCUT2D eigenvalue weighted by atomic mass is 16.2. The van der Waals surface area contributed by atoms with E-state index in [-0.39, 0.29) is 11.3 Å². The quantitative estimate of drug-likeness (QED) is 0.787. The molecule has 1 aromatic carbocycles. The number of rotatable bonds is 3. The third-order valence-electron chi connectivity index (χ3n) is 2.71. The molecule has 0 aromatic heterocycles. The summed E-state index contributed by atoms with van der Waals surface area (Å²) in [6.07, 6.45) is 1.80. The highest BCUT2D eigenvalue weighted by Crippen LogP contribution is 2.27. The van der Waals surface area contributed by atoms with Gasteiger partial charge in [0.15, 0.2) is 0 Å². The molecular formula is C16H23NO. The summed E-state index contributed by atoms with van der Waals surface area (Å²) in [6.45, 7) is 14.6. The summed E-state index contributed by atoms with van der Waals surface area (Å²) in [5.41, 5.74) is 3.16. The van der Waals surface area contributed by atoms with Crippen molar-refractivity contribution in [3.05, 3.63) is 35.9 Å². The van der Waals surface area contributed by atoms with Gasteiger partial charge in [0.05, 0.1) is 5.69 Å². The summed E-state index contributed by atoms with van der Waals surface area (Å²) in [6, 6.07) is 6.09. The molecule has 2 nitrogen and oxygen atoms in total. The van der Waals surface area contributed by atoms with Gasteiger partial charge in [-0.15, -0.1) is 0 Å². The lowest BCUT2D eigenvalue weighted by molar-refractivity contribution is -0.116. The number of amides is 1. The van der Waals surface area contributed by atoms with Crippen LogP contribution < -0.4 is 4.90 Å². The van der Waals surface area contributed by atoms with Crippen molar-refractivity contribution < 1.29 is 4.79 Å². The van der Waals surface area contributed by atoms with Crippen LogP contribution in [0.25, 0.3) is 6.08 Å². The van der Waals surface area contributed by atoms with Crippen molar-refractivity contribution in [2.45, 2.75) is 34.6 Å². The molecule has 0 aliphatic heterocycles. The van der Waals surface area contributed by atoms with Gasteiger partial charge in [0.1, 0.15) is 0 Å². The van der Waals surface area contributed by atoms with Crippen molar-refractivity contribution in [2.24, 2.45) is 5.41 Å². The molecule has 0 aliphatic rings. The van der Waals surface area contributed by atoms with Crippen LogP contribution in [0, 0.1) is 12.3 Å². The molecule has 0 N–H and O–H groups in total. The number of carbonyl (C=O) groups is 1. The fourth-order valence-corrected chi connectivity index (χ4v) is 1.90. The molecule has 0 heterocycles. The van der Waals surface area contributed by atoms with E-state index in [1.54, 1.807) is 13.0 Å². The number of carbonyl (C=O) groups excluding carboxylic acids is 1. The Hall–Kier alpha value is -1.57. The maximum atomic E-state index is 11.9. The fourth-order valence-electron chi connectivity index (χ4n) is 1.90. The molecule has 0 radical (unpaired) electrons. The standard InChI is InChI=1S/C16H23NO/c1-7-14-9-8-12(2)10-15(14)17(13(3)18)11-16(4,5)6/h7-10H,1,11H2,2-6H3. The van der Waals surface area contributed by atoms with Crippen LogP contribution in [0.4, 0.5) is 5.69 Å². The first kappa shape index (κ1) is 14.5. The first-order valence-corrected chi connectivity index (χ1v) is 6.26. The molecule has 0 unspecified atom stereocenters. The molecule has 0 fully saturated rings. The van der Waals surface area contributed by atoms with E-state index in [9.17, 15) is 4.79 Å². The van der Waals surface area contributed by atoms with E-state index < -0.39 is 0 Å². The Labute approximate surface area is 110 Å². The highest BCUT2D eigenvalue weighted by Gasteiger charge is 2.21. The van der Waals surface area contributed by atoms with Gasteiger partial charge in [0.2, 0.25) is 5.91 Å². The summed E-state index contributed by atoms with van der Waals surface area (Å²) < 4.78 is 0. The molecular weight excluding hydrogens is 222 g/mol. The van der Waals surface area contributed by atoms with Crippen LogP contribution in [-0.4, -0.2) is 12.5 Å². The SMILES string of the molecule is C=Cc1ccc(C)cc1N(CC(C)(C)C)C(C)=O. The molecule has 0 aliphatic carbocycles. The molecule has 0 saturated heterocycles. The smallest absolute Gasteiger partial charge is 0.223 e. The number of hydrogen-bond acceptors (Lipinski definition) is 1. The normalized spacial score (nSPS) is 11.2. The van der Waals surface area contributed by atoms with Crippen LogP contribution in [0.5, 0.6) is 0 Å². The Kier molecular flexibility index (Phi) is 4.33. The van der Waals surface area contributed by atoms with Gasteiger partial charge in [-0.1, -0.05) is 45.6 Å². The van der Waals surface area contributed by atoms with E-state index in [4.69, 9.17) is 0 Å². The second-order valence-corrected chi connectivity index (χ2v) is 5.93. The van der Waals surface area contributed by atoms with Gasteiger partial charge < -0.3 is 4.90 Å². The average molecular weight is 245 g/mol. The van der Waals surface area contributed by atoms with Gasteiger partial charge in [-0.25, -0.2) is 0 Å². The second kappa shape index (κ2) is 5.38. The van der Waals surface area contributed by atoms with E-state index in [1.165, 1.54) is 0 Å². The summed E-state index contributed by atoms with van der Waals surface area (Å²) in [5, 5.41) is 0. The van der Waals surface area contributed by atoms with Crippen molar-refractivity contribution in [1.82, 2.24) is 0 Å². The number of hydrogen-bond donors (Lipinski definition) is 0. The van der Waals surface area contributed by atoms with Crippen LogP contribution in [0.2, 0.25) is 0 Å². The zero-order valence-electron chi connectivity index (χ0n) is 12.1. The predicted molar refractivity (Wildman–Crippen MR) is 78.8 cm³/mol. The van der Waals surface area contributed by atoms with E-state index in [2.05, 4.69) is 27.4 Å². The molecule has 1 rings (SSSR count). The molecule has 0 saturated carbocycles. The largest absolute Gasteiger partial charge is 0.312 e. The maximum Gasteiger partial charge on any atom is 0.223 e. The van der Waals surface area contributed by atoms with Crippen molar-refractivity contribution in [1.29, 1.82) is 0 Å². The van der Waals surface area contributed by atoms with E-state index in [1.807, 2.05) is 30.0 Å². The van der Waals surface area contributed by atoms with Gasteiger partial charge in [-0.2, -0.15) is 0 Å². The Morgan fingerprint density at radius 3 is 2.44 bits per heavy atom. The van der Waals surface area contributed by atoms with Crippen LogP contribution in [0.1, 0.15) is 38.8 Å². The zero-order valence-corrected chi connectivity index (χ0v) is 12.1. The Balaban J connectivity index is 3.25. The lowest BCUT2D eigenvalue weighted by atomic mass is 9.95. The predicted octanol–water partition coefficient (Wildman–Crippen LogP) is 4.04. The van der Waals surface area contributed by atoms with Gasteiger partial charge in [0, 0.05) is 13.5 Å². The lowest BCUT2D eigenvalue weighted by Gasteiger charge is -2.30. The monoisotopic (exact) mass is 245 g/mol. The Morgan fingerprint density at radius 2 is 2.00 bits per heavy atom. The maximum absolute atomic E-state index is 11.9. The second-order valence-electron chi connectivity index (χ2n) is 5.93. The minimum atomic E-state index is 0.0633. The number of anilines is 1. The molecule has 0 bridgehead atoms. The summed E-state index contributed by atoms with van der Waals surface area (Å²) >= 11 is 0. The molecule has 1 aromatic rings. The first-order valence-electron chi connectivity index (χ1n) is 6.26.